The molecule has 1 aliphatic carbocycles. The number of hydrogen-bond acceptors (Lipinski definition) is 3. The van der Waals surface area contributed by atoms with Crippen molar-refractivity contribution in [3.8, 4) is 5.75 Å². The average molecular weight is 231 g/mol. The smallest absolute Gasteiger partial charge is 0.117 e. The van der Waals surface area contributed by atoms with Crippen molar-refractivity contribution in [3.05, 3.63) is 24.0 Å². The number of aromatic nitrogens is 2. The fraction of sp³-hybridized carbons (Fsp3) is 0.462. The van der Waals surface area contributed by atoms with Crippen LogP contribution in [0.15, 0.2) is 18.2 Å². The highest BCUT2D eigenvalue weighted by Crippen LogP contribution is 2.32. The molecule has 0 spiro atoms. The number of rotatable bonds is 1. The Kier molecular flexibility index (Phi) is 2.52. The molecule has 2 aromatic rings. The molecule has 1 heterocycles. The van der Waals surface area contributed by atoms with Crippen LogP contribution in [0.2, 0.25) is 0 Å². The van der Waals surface area contributed by atoms with Gasteiger partial charge in [0.05, 0.1) is 11.0 Å². The van der Waals surface area contributed by atoms with Crippen molar-refractivity contribution in [2.75, 3.05) is 0 Å². The first kappa shape index (κ1) is 10.6. The average Bonchev–Trinajstić information content (AvgIpc) is 2.72. The lowest BCUT2D eigenvalue weighted by molar-refractivity contribution is 0.384. The number of aromatic amines is 1. The van der Waals surface area contributed by atoms with E-state index in [2.05, 4.69) is 9.97 Å². The number of phenolic OH excluding ortho intramolecular Hbond substituents is 1. The van der Waals surface area contributed by atoms with Gasteiger partial charge in [-0.2, -0.15) is 0 Å². The summed E-state index contributed by atoms with van der Waals surface area (Å²) in [6.07, 6.45) is 4.46. The number of nitrogens with zero attached hydrogens (tertiary/aromatic N) is 1. The molecule has 1 aromatic carbocycles. The van der Waals surface area contributed by atoms with E-state index in [1.54, 1.807) is 12.1 Å². The van der Waals surface area contributed by atoms with Crippen LogP contribution in [-0.4, -0.2) is 21.1 Å². The molecule has 2 unspecified atom stereocenters. The Hall–Kier alpha value is -1.55. The van der Waals surface area contributed by atoms with E-state index in [0.717, 1.165) is 36.1 Å². The molecule has 0 radical (unpaired) electrons. The van der Waals surface area contributed by atoms with Crippen LogP contribution in [0.1, 0.15) is 37.4 Å². The van der Waals surface area contributed by atoms with Crippen molar-refractivity contribution < 1.29 is 5.11 Å². The van der Waals surface area contributed by atoms with E-state index >= 15 is 0 Å². The Balaban J connectivity index is 1.94. The Morgan fingerprint density at radius 1 is 1.35 bits per heavy atom. The lowest BCUT2D eigenvalue weighted by Crippen LogP contribution is -2.27. The second kappa shape index (κ2) is 4.04. The van der Waals surface area contributed by atoms with Crippen molar-refractivity contribution in [2.24, 2.45) is 5.73 Å². The molecular weight excluding hydrogens is 214 g/mol. The third-order valence-corrected chi connectivity index (χ3v) is 3.59. The van der Waals surface area contributed by atoms with Gasteiger partial charge in [-0.1, -0.05) is 6.42 Å². The molecule has 1 saturated carbocycles. The molecule has 4 nitrogen and oxygen atoms in total. The van der Waals surface area contributed by atoms with Gasteiger partial charge in [0.15, 0.2) is 0 Å². The molecule has 1 aromatic heterocycles. The Bertz CT molecular complexity index is 534. The predicted octanol–water partition coefficient (Wildman–Crippen LogP) is 2.25. The van der Waals surface area contributed by atoms with Gasteiger partial charge in [0.2, 0.25) is 0 Å². The molecule has 0 saturated heterocycles. The maximum atomic E-state index is 9.42. The summed E-state index contributed by atoms with van der Waals surface area (Å²) in [7, 11) is 0. The quantitative estimate of drug-likeness (QED) is 0.704. The van der Waals surface area contributed by atoms with Crippen molar-refractivity contribution in [1.82, 2.24) is 9.97 Å². The molecular formula is C13H17N3O. The number of nitrogens with one attached hydrogen (secondary N) is 1. The second-order valence-electron chi connectivity index (χ2n) is 4.95. The first-order valence-electron chi connectivity index (χ1n) is 6.16. The summed E-state index contributed by atoms with van der Waals surface area (Å²) >= 11 is 0. The Morgan fingerprint density at radius 2 is 2.24 bits per heavy atom. The summed E-state index contributed by atoms with van der Waals surface area (Å²) in [4.78, 5) is 7.89. The van der Waals surface area contributed by atoms with E-state index in [1.807, 2.05) is 6.07 Å². The van der Waals surface area contributed by atoms with Crippen molar-refractivity contribution in [2.45, 2.75) is 37.6 Å². The second-order valence-corrected chi connectivity index (χ2v) is 4.95. The number of fused-ring (bicyclic) bond motifs is 1. The SMILES string of the molecule is NC1CCCC(c2nc3ccc(O)cc3[nH]2)C1. The normalized spacial score (nSPS) is 25.2. The molecule has 1 fully saturated rings. The molecule has 0 bridgehead atoms. The van der Waals surface area contributed by atoms with Crippen molar-refractivity contribution in [1.29, 1.82) is 0 Å². The molecule has 1 aliphatic rings. The summed E-state index contributed by atoms with van der Waals surface area (Å²) in [5.74, 6) is 1.72. The largest absolute Gasteiger partial charge is 0.508 e. The molecule has 90 valence electrons. The van der Waals surface area contributed by atoms with E-state index in [0.29, 0.717) is 12.0 Å². The lowest BCUT2D eigenvalue weighted by atomic mass is 9.86. The minimum absolute atomic E-state index is 0.271. The summed E-state index contributed by atoms with van der Waals surface area (Å²) in [5.41, 5.74) is 7.81. The summed E-state index contributed by atoms with van der Waals surface area (Å²) in [6.45, 7) is 0. The predicted molar refractivity (Wildman–Crippen MR) is 66.9 cm³/mol. The van der Waals surface area contributed by atoms with Crippen LogP contribution in [0, 0.1) is 0 Å². The van der Waals surface area contributed by atoms with Crippen LogP contribution in [-0.2, 0) is 0 Å². The highest BCUT2D eigenvalue weighted by molar-refractivity contribution is 5.76. The van der Waals surface area contributed by atoms with Crippen LogP contribution in [0.25, 0.3) is 11.0 Å². The zero-order valence-corrected chi connectivity index (χ0v) is 9.69. The lowest BCUT2D eigenvalue weighted by Gasteiger charge is -2.24. The Morgan fingerprint density at radius 3 is 3.06 bits per heavy atom. The van der Waals surface area contributed by atoms with Crippen LogP contribution in [0.4, 0.5) is 0 Å². The monoisotopic (exact) mass is 231 g/mol. The van der Waals surface area contributed by atoms with Gasteiger partial charge in [-0.25, -0.2) is 4.98 Å². The van der Waals surface area contributed by atoms with Gasteiger partial charge in [0.1, 0.15) is 11.6 Å². The van der Waals surface area contributed by atoms with E-state index in [-0.39, 0.29) is 5.75 Å². The van der Waals surface area contributed by atoms with Gasteiger partial charge < -0.3 is 15.8 Å². The molecule has 4 N–H and O–H groups in total. The third kappa shape index (κ3) is 2.00. The fourth-order valence-corrected chi connectivity index (χ4v) is 2.69. The van der Waals surface area contributed by atoms with Crippen molar-refractivity contribution >= 4 is 11.0 Å². The minimum atomic E-state index is 0.271. The Labute approximate surface area is 99.9 Å². The molecule has 3 rings (SSSR count). The maximum Gasteiger partial charge on any atom is 0.117 e. The molecule has 2 atom stereocenters. The van der Waals surface area contributed by atoms with E-state index in [1.165, 1.54) is 6.42 Å². The van der Waals surface area contributed by atoms with E-state index in [9.17, 15) is 5.11 Å². The summed E-state index contributed by atoms with van der Waals surface area (Å²) < 4.78 is 0. The zero-order chi connectivity index (χ0) is 11.8. The molecule has 4 heteroatoms. The highest BCUT2D eigenvalue weighted by atomic mass is 16.3. The standard InChI is InChI=1S/C13H17N3O/c14-9-3-1-2-8(6-9)13-15-11-5-4-10(17)7-12(11)16-13/h4-5,7-9,17H,1-3,6,14H2,(H,15,16). The first-order valence-corrected chi connectivity index (χ1v) is 6.16. The number of aromatic hydroxyl groups is 1. The summed E-state index contributed by atoms with van der Waals surface area (Å²) in [5, 5.41) is 9.42. The number of nitrogens with two attached hydrogens (primary N) is 1. The van der Waals surface area contributed by atoms with Gasteiger partial charge >= 0.3 is 0 Å². The van der Waals surface area contributed by atoms with Crippen molar-refractivity contribution in [3.63, 3.8) is 0 Å². The minimum Gasteiger partial charge on any atom is -0.508 e. The zero-order valence-electron chi connectivity index (χ0n) is 9.69. The first-order chi connectivity index (χ1) is 8.22. The number of benzene rings is 1. The molecule has 0 aliphatic heterocycles. The number of phenols is 1. The number of hydrogen-bond donors (Lipinski definition) is 3. The van der Waals surface area contributed by atoms with Gasteiger partial charge in [-0.3, -0.25) is 0 Å². The van der Waals surface area contributed by atoms with Gasteiger partial charge in [-0.05, 0) is 31.4 Å². The van der Waals surface area contributed by atoms with Gasteiger partial charge in [0, 0.05) is 18.0 Å². The maximum absolute atomic E-state index is 9.42. The number of H-pyrrole nitrogens is 1. The van der Waals surface area contributed by atoms with Crippen LogP contribution < -0.4 is 5.73 Å². The number of imidazole rings is 1. The topological polar surface area (TPSA) is 74.9 Å². The molecule has 17 heavy (non-hydrogen) atoms. The van der Waals surface area contributed by atoms with Gasteiger partial charge in [-0.15, -0.1) is 0 Å². The van der Waals surface area contributed by atoms with Crippen LogP contribution in [0.3, 0.4) is 0 Å². The van der Waals surface area contributed by atoms with E-state index < -0.39 is 0 Å². The molecule has 0 amide bonds. The van der Waals surface area contributed by atoms with Crippen LogP contribution in [0.5, 0.6) is 5.75 Å². The highest BCUT2D eigenvalue weighted by Gasteiger charge is 2.23. The van der Waals surface area contributed by atoms with Crippen LogP contribution >= 0.6 is 0 Å². The third-order valence-electron chi connectivity index (χ3n) is 3.59. The fourth-order valence-electron chi connectivity index (χ4n) is 2.69. The van der Waals surface area contributed by atoms with E-state index in [4.69, 9.17) is 5.73 Å². The summed E-state index contributed by atoms with van der Waals surface area (Å²) in [6, 6.07) is 5.53. The van der Waals surface area contributed by atoms with Gasteiger partial charge in [0.25, 0.3) is 0 Å².